The molecule has 7 nitrogen and oxygen atoms in total. The van der Waals surface area contributed by atoms with E-state index in [0.29, 0.717) is 36.9 Å². The van der Waals surface area contributed by atoms with Gasteiger partial charge in [0.15, 0.2) is 0 Å². The van der Waals surface area contributed by atoms with Crippen LogP contribution in [0, 0.1) is 5.92 Å². The highest BCUT2D eigenvalue weighted by Gasteiger charge is 2.39. The van der Waals surface area contributed by atoms with Crippen LogP contribution in [0.1, 0.15) is 77.7 Å². The van der Waals surface area contributed by atoms with E-state index in [1.807, 2.05) is 18.2 Å². The summed E-state index contributed by atoms with van der Waals surface area (Å²) in [6, 6.07) is 6.10. The molecular weight excluding hydrogens is 454 g/mol. The van der Waals surface area contributed by atoms with Gasteiger partial charge in [-0.1, -0.05) is 55.8 Å². The summed E-state index contributed by atoms with van der Waals surface area (Å²) < 4.78 is 5.43. The first kappa shape index (κ1) is 26.3. The van der Waals surface area contributed by atoms with Crippen molar-refractivity contribution >= 4 is 29.5 Å². The molecular formula is C26H38ClN3O4. The van der Waals surface area contributed by atoms with Gasteiger partial charge >= 0.3 is 6.09 Å². The van der Waals surface area contributed by atoms with Gasteiger partial charge in [-0.2, -0.15) is 0 Å². The fraction of sp³-hybridized carbons (Fsp3) is 0.654. The quantitative estimate of drug-likeness (QED) is 0.572. The normalized spacial score (nSPS) is 20.0. The third kappa shape index (κ3) is 7.90. The van der Waals surface area contributed by atoms with Crippen molar-refractivity contribution in [2.75, 3.05) is 6.54 Å². The van der Waals surface area contributed by atoms with Crippen LogP contribution in [0.15, 0.2) is 24.3 Å². The van der Waals surface area contributed by atoms with Crippen LogP contribution in [0.25, 0.3) is 0 Å². The van der Waals surface area contributed by atoms with Gasteiger partial charge in [0.1, 0.15) is 17.7 Å². The summed E-state index contributed by atoms with van der Waals surface area (Å²) in [6.07, 6.45) is 6.97. The molecule has 8 heteroatoms. The zero-order valence-electron chi connectivity index (χ0n) is 20.6. The molecule has 1 aliphatic heterocycles. The molecule has 0 spiro atoms. The lowest BCUT2D eigenvalue weighted by molar-refractivity contribution is -0.140. The second-order valence-electron chi connectivity index (χ2n) is 10.5. The lowest BCUT2D eigenvalue weighted by Crippen LogP contribution is -2.54. The summed E-state index contributed by atoms with van der Waals surface area (Å²) in [7, 11) is 0. The number of amides is 3. The molecule has 1 saturated heterocycles. The first-order valence-electron chi connectivity index (χ1n) is 12.4. The molecule has 3 amide bonds. The zero-order chi connectivity index (χ0) is 24.7. The average Bonchev–Trinajstić information content (AvgIpc) is 3.26. The van der Waals surface area contributed by atoms with E-state index < -0.39 is 23.8 Å². The second-order valence-corrected chi connectivity index (χ2v) is 10.9. The summed E-state index contributed by atoms with van der Waals surface area (Å²) in [5.74, 6) is 0.00620. The van der Waals surface area contributed by atoms with Crippen LogP contribution >= 0.6 is 11.6 Å². The lowest BCUT2D eigenvalue weighted by atomic mass is 9.84. The van der Waals surface area contributed by atoms with E-state index in [-0.39, 0.29) is 11.8 Å². The molecule has 34 heavy (non-hydrogen) atoms. The van der Waals surface area contributed by atoms with Gasteiger partial charge in [0.2, 0.25) is 11.8 Å². The van der Waals surface area contributed by atoms with Crippen molar-refractivity contribution in [1.29, 1.82) is 0 Å². The molecule has 1 heterocycles. The second kappa shape index (κ2) is 11.9. The van der Waals surface area contributed by atoms with E-state index in [4.69, 9.17) is 16.3 Å². The molecule has 1 aromatic rings. The maximum Gasteiger partial charge on any atom is 0.408 e. The third-order valence-corrected chi connectivity index (χ3v) is 6.71. The van der Waals surface area contributed by atoms with Crippen molar-refractivity contribution in [2.24, 2.45) is 5.92 Å². The minimum absolute atomic E-state index is 0.181. The van der Waals surface area contributed by atoms with Gasteiger partial charge in [-0.25, -0.2) is 4.79 Å². The summed E-state index contributed by atoms with van der Waals surface area (Å²) in [5.41, 5.74) is 0.248. The van der Waals surface area contributed by atoms with E-state index in [2.05, 4.69) is 10.6 Å². The molecule has 3 rings (SSSR count). The Hall–Kier alpha value is -2.28. The van der Waals surface area contributed by atoms with Gasteiger partial charge in [0.05, 0.1) is 0 Å². The summed E-state index contributed by atoms with van der Waals surface area (Å²) >= 11 is 6.04. The van der Waals surface area contributed by atoms with E-state index in [9.17, 15) is 14.4 Å². The van der Waals surface area contributed by atoms with E-state index >= 15 is 0 Å². The highest BCUT2D eigenvalue weighted by atomic mass is 35.5. The predicted molar refractivity (Wildman–Crippen MR) is 132 cm³/mol. The Morgan fingerprint density at radius 2 is 1.85 bits per heavy atom. The Morgan fingerprint density at radius 3 is 2.53 bits per heavy atom. The minimum Gasteiger partial charge on any atom is -0.444 e. The van der Waals surface area contributed by atoms with Crippen molar-refractivity contribution < 1.29 is 19.1 Å². The number of benzene rings is 1. The number of likely N-dealkylation sites (tertiary alicyclic amines) is 1. The van der Waals surface area contributed by atoms with Crippen LogP contribution in [-0.4, -0.2) is 47.0 Å². The number of rotatable bonds is 7. The van der Waals surface area contributed by atoms with Gasteiger partial charge in [-0.15, -0.1) is 0 Å². The zero-order valence-corrected chi connectivity index (χ0v) is 21.3. The Balaban J connectivity index is 1.66. The topological polar surface area (TPSA) is 87.7 Å². The van der Waals surface area contributed by atoms with E-state index in [1.165, 1.54) is 6.42 Å². The summed E-state index contributed by atoms with van der Waals surface area (Å²) in [5, 5.41) is 6.38. The van der Waals surface area contributed by atoms with Crippen LogP contribution in [0.3, 0.4) is 0 Å². The number of halogens is 1. The highest BCUT2D eigenvalue weighted by Crippen LogP contribution is 2.29. The van der Waals surface area contributed by atoms with Crippen LogP contribution in [0.2, 0.25) is 5.02 Å². The lowest BCUT2D eigenvalue weighted by Gasteiger charge is -2.32. The maximum atomic E-state index is 13.6. The number of nitrogens with zero attached hydrogens (tertiary/aromatic N) is 1. The molecule has 0 unspecified atom stereocenters. The fourth-order valence-corrected chi connectivity index (χ4v) is 5.10. The fourth-order valence-electron chi connectivity index (χ4n) is 4.88. The number of hydrogen-bond donors (Lipinski definition) is 2. The number of alkyl carbamates (subject to hydrolysis) is 1. The largest absolute Gasteiger partial charge is 0.444 e. The molecule has 1 saturated carbocycles. The van der Waals surface area contributed by atoms with Crippen LogP contribution in [0.4, 0.5) is 4.79 Å². The van der Waals surface area contributed by atoms with Crippen LogP contribution in [0.5, 0.6) is 0 Å². The Morgan fingerprint density at radius 1 is 1.12 bits per heavy atom. The van der Waals surface area contributed by atoms with E-state index in [1.54, 1.807) is 31.7 Å². The monoisotopic (exact) mass is 491 g/mol. The third-order valence-electron chi connectivity index (χ3n) is 6.48. The molecule has 1 aromatic carbocycles. The standard InChI is InChI=1S/C26H38ClN3O4/c1-26(2,3)34-25(33)29-21(16-18-9-5-4-6-10-18)24(32)30-14-8-13-22(30)23(31)28-17-19-11-7-12-20(27)15-19/h7,11-12,15,18,21-22H,4-6,8-10,13-14,16-17H2,1-3H3,(H,28,31)(H,29,33)/t21-,22+/m1/s1. The Labute approximate surface area is 207 Å². The molecule has 1 aliphatic carbocycles. The van der Waals surface area contributed by atoms with Gasteiger partial charge in [-0.3, -0.25) is 9.59 Å². The first-order chi connectivity index (χ1) is 16.1. The van der Waals surface area contributed by atoms with Crippen molar-refractivity contribution in [3.8, 4) is 0 Å². The maximum absolute atomic E-state index is 13.6. The number of hydrogen-bond acceptors (Lipinski definition) is 4. The molecule has 2 aliphatic rings. The molecule has 0 aromatic heterocycles. The molecule has 0 bridgehead atoms. The SMILES string of the molecule is CC(C)(C)OC(=O)N[C@H](CC1CCCCC1)C(=O)N1CCC[C@H]1C(=O)NCc1cccc(Cl)c1. The predicted octanol–water partition coefficient (Wildman–Crippen LogP) is 4.81. The number of nitrogens with one attached hydrogen (secondary N) is 2. The average molecular weight is 492 g/mol. The number of carbonyl (C=O) groups excluding carboxylic acids is 3. The van der Waals surface area contributed by atoms with Crippen LogP contribution in [-0.2, 0) is 20.9 Å². The van der Waals surface area contributed by atoms with Crippen LogP contribution < -0.4 is 10.6 Å². The summed E-state index contributed by atoms with van der Waals surface area (Å²) in [6.45, 7) is 6.24. The Bertz CT molecular complexity index is 864. The molecule has 0 radical (unpaired) electrons. The highest BCUT2D eigenvalue weighted by molar-refractivity contribution is 6.30. The minimum atomic E-state index is -0.695. The number of ether oxygens (including phenoxy) is 1. The van der Waals surface area contributed by atoms with Gasteiger partial charge in [0, 0.05) is 18.1 Å². The van der Waals surface area contributed by atoms with Gasteiger partial charge < -0.3 is 20.3 Å². The molecule has 188 valence electrons. The first-order valence-corrected chi connectivity index (χ1v) is 12.8. The molecule has 2 fully saturated rings. The molecule has 2 N–H and O–H groups in total. The summed E-state index contributed by atoms with van der Waals surface area (Å²) in [4.78, 5) is 40.8. The van der Waals surface area contributed by atoms with Gasteiger partial charge in [0.25, 0.3) is 0 Å². The van der Waals surface area contributed by atoms with Crippen molar-refractivity contribution in [3.63, 3.8) is 0 Å². The smallest absolute Gasteiger partial charge is 0.408 e. The van der Waals surface area contributed by atoms with Crippen molar-refractivity contribution in [1.82, 2.24) is 15.5 Å². The molecule has 2 atom stereocenters. The Kier molecular flexibility index (Phi) is 9.23. The van der Waals surface area contributed by atoms with E-state index in [0.717, 1.165) is 37.7 Å². The van der Waals surface area contributed by atoms with Gasteiger partial charge in [-0.05, 0) is 63.6 Å². The van der Waals surface area contributed by atoms with Crippen molar-refractivity contribution in [2.45, 2.75) is 96.4 Å². The van der Waals surface area contributed by atoms with Crippen molar-refractivity contribution in [3.05, 3.63) is 34.9 Å². The number of carbonyl (C=O) groups is 3.